The average molecular weight is 280 g/mol. The van der Waals surface area contributed by atoms with Gasteiger partial charge in [-0.3, -0.25) is 0 Å². The lowest BCUT2D eigenvalue weighted by atomic mass is 9.94. The Hall–Kier alpha value is -1.07. The Morgan fingerprint density at radius 2 is 2.15 bits per heavy atom. The normalized spacial score (nSPS) is 16.9. The maximum Gasteiger partial charge on any atom is 0.205 e. The average Bonchev–Trinajstić information content (AvgIpc) is 2.84. The first-order valence-corrected chi connectivity index (χ1v) is 7.67. The van der Waals surface area contributed by atoms with Gasteiger partial charge in [-0.2, -0.15) is 0 Å². The zero-order valence-electron chi connectivity index (χ0n) is 13.1. The molecule has 1 aromatic rings. The molecular formula is C15H28N4O. The third kappa shape index (κ3) is 3.96. The fourth-order valence-corrected chi connectivity index (χ4v) is 2.91. The third-order valence-electron chi connectivity index (χ3n) is 4.11. The summed E-state index contributed by atoms with van der Waals surface area (Å²) in [6.07, 6.45) is 5.97. The molecule has 5 nitrogen and oxygen atoms in total. The standard InChI is InChI=1S/C15H28N4O/c1-13-12-19(10-11-20-3)15(17-13)18-8-5-14(6-9-18)4-7-16-2/h12,14,16H,4-11H2,1-3H3. The number of anilines is 1. The molecule has 1 saturated heterocycles. The van der Waals surface area contributed by atoms with Crippen molar-refractivity contribution in [2.24, 2.45) is 5.92 Å². The second-order valence-corrected chi connectivity index (χ2v) is 5.69. The minimum Gasteiger partial charge on any atom is -0.383 e. The summed E-state index contributed by atoms with van der Waals surface area (Å²) in [4.78, 5) is 7.12. The smallest absolute Gasteiger partial charge is 0.205 e. The molecule has 0 saturated carbocycles. The molecular weight excluding hydrogens is 252 g/mol. The Kier molecular flexibility index (Phi) is 5.86. The van der Waals surface area contributed by atoms with Gasteiger partial charge in [0.05, 0.1) is 12.3 Å². The van der Waals surface area contributed by atoms with Gasteiger partial charge in [-0.15, -0.1) is 0 Å². The molecule has 0 amide bonds. The van der Waals surface area contributed by atoms with Crippen molar-refractivity contribution < 1.29 is 4.74 Å². The van der Waals surface area contributed by atoms with Crippen molar-refractivity contribution in [2.75, 3.05) is 45.3 Å². The molecule has 0 bridgehead atoms. The van der Waals surface area contributed by atoms with Crippen LogP contribution in [0, 0.1) is 12.8 Å². The van der Waals surface area contributed by atoms with E-state index in [1.54, 1.807) is 7.11 Å². The second-order valence-electron chi connectivity index (χ2n) is 5.69. The van der Waals surface area contributed by atoms with Crippen LogP contribution in [-0.2, 0) is 11.3 Å². The van der Waals surface area contributed by atoms with Crippen LogP contribution in [0.15, 0.2) is 6.20 Å². The zero-order valence-corrected chi connectivity index (χ0v) is 13.1. The maximum absolute atomic E-state index is 5.18. The summed E-state index contributed by atoms with van der Waals surface area (Å²) < 4.78 is 7.41. The van der Waals surface area contributed by atoms with Crippen LogP contribution < -0.4 is 10.2 Å². The Labute approximate surface area is 122 Å². The van der Waals surface area contributed by atoms with Gasteiger partial charge < -0.3 is 19.5 Å². The molecule has 114 valence electrons. The second kappa shape index (κ2) is 7.64. The molecule has 1 N–H and O–H groups in total. The van der Waals surface area contributed by atoms with Gasteiger partial charge in [0.2, 0.25) is 5.95 Å². The highest BCUT2D eigenvalue weighted by atomic mass is 16.5. The van der Waals surface area contributed by atoms with E-state index in [0.717, 1.165) is 50.3 Å². The van der Waals surface area contributed by atoms with Crippen LogP contribution in [0.3, 0.4) is 0 Å². The Morgan fingerprint density at radius 1 is 1.40 bits per heavy atom. The summed E-state index contributed by atoms with van der Waals surface area (Å²) in [5, 5.41) is 3.25. The zero-order chi connectivity index (χ0) is 14.4. The van der Waals surface area contributed by atoms with Crippen molar-refractivity contribution in [3.05, 3.63) is 11.9 Å². The number of hydrogen-bond acceptors (Lipinski definition) is 4. The Morgan fingerprint density at radius 3 is 2.80 bits per heavy atom. The topological polar surface area (TPSA) is 42.3 Å². The van der Waals surface area contributed by atoms with E-state index in [2.05, 4.69) is 27.9 Å². The fourth-order valence-electron chi connectivity index (χ4n) is 2.91. The molecule has 1 fully saturated rings. The molecule has 0 aromatic carbocycles. The van der Waals surface area contributed by atoms with E-state index in [1.807, 2.05) is 7.05 Å². The summed E-state index contributed by atoms with van der Waals surface area (Å²) in [6.45, 7) is 7.06. The number of piperidine rings is 1. The van der Waals surface area contributed by atoms with Crippen molar-refractivity contribution >= 4 is 5.95 Å². The van der Waals surface area contributed by atoms with E-state index in [4.69, 9.17) is 9.72 Å². The van der Waals surface area contributed by atoms with Crippen LogP contribution in [0.5, 0.6) is 0 Å². The number of ether oxygens (including phenoxy) is 1. The van der Waals surface area contributed by atoms with E-state index >= 15 is 0 Å². The molecule has 2 rings (SSSR count). The first-order valence-electron chi connectivity index (χ1n) is 7.67. The fraction of sp³-hybridized carbons (Fsp3) is 0.800. The Balaban J connectivity index is 1.92. The van der Waals surface area contributed by atoms with Crippen LogP contribution in [-0.4, -0.2) is 49.9 Å². The lowest BCUT2D eigenvalue weighted by molar-refractivity contribution is 0.187. The van der Waals surface area contributed by atoms with Gasteiger partial charge in [-0.05, 0) is 45.7 Å². The largest absolute Gasteiger partial charge is 0.383 e. The van der Waals surface area contributed by atoms with Gasteiger partial charge >= 0.3 is 0 Å². The highest BCUT2D eigenvalue weighted by Gasteiger charge is 2.22. The number of aromatic nitrogens is 2. The summed E-state index contributed by atoms with van der Waals surface area (Å²) in [5.74, 6) is 1.98. The lowest BCUT2D eigenvalue weighted by Gasteiger charge is -2.33. The van der Waals surface area contributed by atoms with Gasteiger partial charge in [0.15, 0.2) is 0 Å². The molecule has 1 aliphatic rings. The van der Waals surface area contributed by atoms with Crippen molar-refractivity contribution in [2.45, 2.75) is 32.7 Å². The SMILES string of the molecule is CNCCC1CCN(c2nc(C)cn2CCOC)CC1. The third-order valence-corrected chi connectivity index (χ3v) is 4.11. The lowest BCUT2D eigenvalue weighted by Crippen LogP contribution is -2.36. The summed E-state index contributed by atoms with van der Waals surface area (Å²) >= 11 is 0. The molecule has 0 atom stereocenters. The molecule has 20 heavy (non-hydrogen) atoms. The molecule has 1 aromatic heterocycles. The van der Waals surface area contributed by atoms with Crippen LogP contribution in [0.2, 0.25) is 0 Å². The molecule has 0 unspecified atom stereocenters. The Bertz CT molecular complexity index is 397. The number of nitrogens with zero attached hydrogens (tertiary/aromatic N) is 3. The molecule has 1 aliphatic heterocycles. The maximum atomic E-state index is 5.18. The molecule has 2 heterocycles. The van der Waals surface area contributed by atoms with Crippen molar-refractivity contribution in [3.8, 4) is 0 Å². The quantitative estimate of drug-likeness (QED) is 0.825. The van der Waals surface area contributed by atoms with Gasteiger partial charge in [0.1, 0.15) is 0 Å². The number of nitrogens with one attached hydrogen (secondary N) is 1. The van der Waals surface area contributed by atoms with Crippen LogP contribution in [0.1, 0.15) is 25.0 Å². The first kappa shape index (κ1) is 15.3. The predicted octanol–water partition coefficient (Wildman–Crippen LogP) is 1.66. The van der Waals surface area contributed by atoms with Gasteiger partial charge in [-0.25, -0.2) is 4.98 Å². The molecule has 5 heteroatoms. The number of hydrogen-bond donors (Lipinski definition) is 1. The van der Waals surface area contributed by atoms with Crippen molar-refractivity contribution in [1.82, 2.24) is 14.9 Å². The highest BCUT2D eigenvalue weighted by molar-refractivity contribution is 5.34. The number of imidazole rings is 1. The van der Waals surface area contributed by atoms with Crippen LogP contribution in [0.25, 0.3) is 0 Å². The van der Waals surface area contributed by atoms with E-state index in [9.17, 15) is 0 Å². The summed E-state index contributed by atoms with van der Waals surface area (Å²) in [7, 11) is 3.78. The van der Waals surface area contributed by atoms with Gasteiger partial charge in [-0.1, -0.05) is 0 Å². The number of methoxy groups -OCH3 is 1. The minimum absolute atomic E-state index is 0.738. The first-order chi connectivity index (χ1) is 9.74. The molecule has 0 aliphatic carbocycles. The van der Waals surface area contributed by atoms with Crippen LogP contribution in [0.4, 0.5) is 5.95 Å². The van der Waals surface area contributed by atoms with E-state index in [-0.39, 0.29) is 0 Å². The highest BCUT2D eigenvalue weighted by Crippen LogP contribution is 2.24. The number of rotatable bonds is 7. The van der Waals surface area contributed by atoms with Gasteiger partial charge in [0.25, 0.3) is 0 Å². The van der Waals surface area contributed by atoms with Crippen molar-refractivity contribution in [3.63, 3.8) is 0 Å². The summed E-state index contributed by atoms with van der Waals surface area (Å²) in [6, 6.07) is 0. The summed E-state index contributed by atoms with van der Waals surface area (Å²) in [5.41, 5.74) is 1.09. The molecule has 0 radical (unpaired) electrons. The monoisotopic (exact) mass is 280 g/mol. The van der Waals surface area contributed by atoms with E-state index < -0.39 is 0 Å². The van der Waals surface area contributed by atoms with Crippen LogP contribution >= 0.6 is 0 Å². The minimum atomic E-state index is 0.738. The van der Waals surface area contributed by atoms with E-state index in [1.165, 1.54) is 19.3 Å². The van der Waals surface area contributed by atoms with E-state index in [0.29, 0.717) is 0 Å². The number of aryl methyl sites for hydroxylation is 1. The van der Waals surface area contributed by atoms with Gasteiger partial charge in [0, 0.05) is 32.9 Å². The molecule has 0 spiro atoms. The van der Waals surface area contributed by atoms with Crippen molar-refractivity contribution in [1.29, 1.82) is 0 Å². The predicted molar refractivity (Wildman–Crippen MR) is 82.3 cm³/mol.